The predicted molar refractivity (Wildman–Crippen MR) is 113 cm³/mol. The first-order valence-electron chi connectivity index (χ1n) is 8.73. The van der Waals surface area contributed by atoms with Crippen LogP contribution in [0.5, 0.6) is 11.5 Å². The second-order valence-corrected chi connectivity index (χ2v) is 7.71. The van der Waals surface area contributed by atoms with Gasteiger partial charge in [0, 0.05) is 28.1 Å². The van der Waals surface area contributed by atoms with Crippen LogP contribution in [0.3, 0.4) is 0 Å². The SMILES string of the molecule is COc1ccc(Sc2nsc(NC(=O)c3cc(-c4ccc(OC)cc4)on3)n2)cc1. The number of amides is 1. The molecule has 152 valence electrons. The molecule has 0 atom stereocenters. The minimum absolute atomic E-state index is 0.153. The van der Waals surface area contributed by atoms with Gasteiger partial charge < -0.3 is 14.0 Å². The molecule has 1 N–H and O–H groups in total. The van der Waals surface area contributed by atoms with Gasteiger partial charge in [0.2, 0.25) is 10.3 Å². The van der Waals surface area contributed by atoms with E-state index in [9.17, 15) is 4.79 Å². The number of rotatable bonds is 7. The van der Waals surface area contributed by atoms with Crippen molar-refractivity contribution in [2.75, 3.05) is 19.5 Å². The molecule has 4 rings (SSSR count). The summed E-state index contributed by atoms with van der Waals surface area (Å²) in [5.41, 5.74) is 0.941. The molecule has 2 aromatic heterocycles. The Morgan fingerprint density at radius 1 is 1.03 bits per heavy atom. The minimum Gasteiger partial charge on any atom is -0.497 e. The van der Waals surface area contributed by atoms with Gasteiger partial charge in [0.15, 0.2) is 11.5 Å². The number of anilines is 1. The van der Waals surface area contributed by atoms with Gasteiger partial charge in [-0.25, -0.2) is 0 Å². The second kappa shape index (κ2) is 8.97. The Bertz CT molecular complexity index is 1140. The van der Waals surface area contributed by atoms with Gasteiger partial charge in [0.05, 0.1) is 14.2 Å². The molecule has 10 heteroatoms. The number of aromatic nitrogens is 3. The van der Waals surface area contributed by atoms with E-state index in [4.69, 9.17) is 14.0 Å². The van der Waals surface area contributed by atoms with Gasteiger partial charge in [-0.15, -0.1) is 0 Å². The van der Waals surface area contributed by atoms with Crippen LogP contribution in [0.15, 0.2) is 69.2 Å². The van der Waals surface area contributed by atoms with Crippen molar-refractivity contribution in [3.8, 4) is 22.8 Å². The Morgan fingerprint density at radius 3 is 2.37 bits per heavy atom. The van der Waals surface area contributed by atoms with Crippen LogP contribution in [0.4, 0.5) is 5.13 Å². The summed E-state index contributed by atoms with van der Waals surface area (Å²) in [6.45, 7) is 0. The van der Waals surface area contributed by atoms with Gasteiger partial charge in [-0.2, -0.15) is 9.36 Å². The summed E-state index contributed by atoms with van der Waals surface area (Å²) < 4.78 is 19.8. The van der Waals surface area contributed by atoms with Crippen LogP contribution >= 0.6 is 23.3 Å². The molecular formula is C20H16N4O4S2. The topological polar surface area (TPSA) is 99.4 Å². The fourth-order valence-electron chi connectivity index (χ4n) is 2.49. The van der Waals surface area contributed by atoms with Crippen LogP contribution in [0, 0.1) is 0 Å². The molecular weight excluding hydrogens is 424 g/mol. The normalized spacial score (nSPS) is 10.6. The standard InChI is InChI=1S/C20H16N4O4S2/c1-26-13-5-3-12(4-6-13)17-11-16(23-28-17)18(25)21-19-22-20(24-30-19)29-15-9-7-14(27-2)8-10-15/h3-11H,1-2H3,(H,21,22,24,25). The molecule has 4 aromatic rings. The Kier molecular flexibility index (Phi) is 5.96. The van der Waals surface area contributed by atoms with E-state index in [1.165, 1.54) is 11.8 Å². The Morgan fingerprint density at radius 2 is 1.70 bits per heavy atom. The van der Waals surface area contributed by atoms with Gasteiger partial charge in [-0.3, -0.25) is 10.1 Å². The summed E-state index contributed by atoms with van der Waals surface area (Å²) in [5.74, 6) is 1.57. The first-order valence-corrected chi connectivity index (χ1v) is 10.3. The van der Waals surface area contributed by atoms with E-state index in [0.29, 0.717) is 16.0 Å². The number of carbonyl (C=O) groups excluding carboxylic acids is 1. The Labute approximate surface area is 180 Å². The highest BCUT2D eigenvalue weighted by Crippen LogP contribution is 2.29. The van der Waals surface area contributed by atoms with Crippen molar-refractivity contribution < 1.29 is 18.8 Å². The molecule has 30 heavy (non-hydrogen) atoms. The molecule has 2 aromatic carbocycles. The number of carbonyl (C=O) groups is 1. The van der Waals surface area contributed by atoms with Crippen molar-refractivity contribution in [2.24, 2.45) is 0 Å². The Balaban J connectivity index is 1.40. The third-order valence-corrected chi connectivity index (χ3v) is 5.63. The molecule has 0 saturated heterocycles. The molecule has 8 nitrogen and oxygen atoms in total. The highest BCUT2D eigenvalue weighted by atomic mass is 32.2. The number of methoxy groups -OCH3 is 2. The van der Waals surface area contributed by atoms with Crippen molar-refractivity contribution in [1.29, 1.82) is 0 Å². The van der Waals surface area contributed by atoms with Crippen LogP contribution in [0.25, 0.3) is 11.3 Å². The maximum Gasteiger partial charge on any atom is 0.279 e. The number of hydrogen-bond acceptors (Lipinski definition) is 9. The largest absolute Gasteiger partial charge is 0.497 e. The number of hydrogen-bond donors (Lipinski definition) is 1. The summed E-state index contributed by atoms with van der Waals surface area (Å²) in [6.07, 6.45) is 0. The lowest BCUT2D eigenvalue weighted by Crippen LogP contribution is -2.11. The molecule has 0 bridgehead atoms. The van der Waals surface area contributed by atoms with E-state index in [-0.39, 0.29) is 5.69 Å². The van der Waals surface area contributed by atoms with Crippen LogP contribution in [0.1, 0.15) is 10.5 Å². The highest BCUT2D eigenvalue weighted by molar-refractivity contribution is 7.99. The third-order valence-electron chi connectivity index (χ3n) is 4.01. The fourth-order valence-corrected chi connectivity index (χ4v) is 3.90. The molecule has 0 aliphatic rings. The lowest BCUT2D eigenvalue weighted by Gasteiger charge is -2.00. The van der Waals surface area contributed by atoms with E-state index >= 15 is 0 Å². The summed E-state index contributed by atoms with van der Waals surface area (Å²) in [4.78, 5) is 17.8. The van der Waals surface area contributed by atoms with E-state index < -0.39 is 5.91 Å². The summed E-state index contributed by atoms with van der Waals surface area (Å²) >= 11 is 2.49. The zero-order chi connectivity index (χ0) is 20.9. The van der Waals surface area contributed by atoms with Gasteiger partial charge in [0.1, 0.15) is 11.5 Å². The number of nitrogens with one attached hydrogen (secondary N) is 1. The molecule has 0 aliphatic heterocycles. The van der Waals surface area contributed by atoms with Crippen molar-refractivity contribution in [1.82, 2.24) is 14.5 Å². The average molecular weight is 441 g/mol. The zero-order valence-electron chi connectivity index (χ0n) is 16.0. The van der Waals surface area contributed by atoms with Crippen LogP contribution in [-0.2, 0) is 0 Å². The van der Waals surface area contributed by atoms with Gasteiger partial charge >= 0.3 is 0 Å². The first-order chi connectivity index (χ1) is 14.6. The second-order valence-electron chi connectivity index (χ2n) is 5.92. The van der Waals surface area contributed by atoms with Crippen molar-refractivity contribution in [2.45, 2.75) is 10.1 Å². The maximum atomic E-state index is 12.5. The lowest BCUT2D eigenvalue weighted by molar-refractivity contribution is 0.101. The van der Waals surface area contributed by atoms with Crippen molar-refractivity contribution in [3.05, 3.63) is 60.3 Å². The summed E-state index contributed by atoms with van der Waals surface area (Å²) in [7, 11) is 3.22. The quantitative estimate of drug-likeness (QED) is 0.445. The van der Waals surface area contributed by atoms with Crippen LogP contribution < -0.4 is 14.8 Å². The first kappa shape index (κ1) is 19.9. The van der Waals surface area contributed by atoms with Crippen molar-refractivity contribution >= 4 is 34.3 Å². The molecule has 0 radical (unpaired) electrons. The van der Waals surface area contributed by atoms with Gasteiger partial charge in [0.25, 0.3) is 5.91 Å². The smallest absolute Gasteiger partial charge is 0.279 e. The number of nitrogens with zero attached hydrogens (tertiary/aromatic N) is 3. The Hall–Kier alpha value is -3.37. The molecule has 0 unspecified atom stereocenters. The molecule has 1 amide bonds. The minimum atomic E-state index is -0.421. The molecule has 0 spiro atoms. The third kappa shape index (κ3) is 4.61. The number of benzene rings is 2. The zero-order valence-corrected chi connectivity index (χ0v) is 17.6. The number of ether oxygens (including phenoxy) is 2. The highest BCUT2D eigenvalue weighted by Gasteiger charge is 2.16. The monoisotopic (exact) mass is 440 g/mol. The molecule has 2 heterocycles. The fraction of sp³-hybridized carbons (Fsp3) is 0.100. The van der Waals surface area contributed by atoms with Crippen LogP contribution in [-0.4, -0.2) is 34.6 Å². The van der Waals surface area contributed by atoms with Crippen LogP contribution in [0.2, 0.25) is 0 Å². The predicted octanol–water partition coefficient (Wildman–Crippen LogP) is 4.61. The molecule has 0 aliphatic carbocycles. The summed E-state index contributed by atoms with van der Waals surface area (Å²) in [5, 5.41) is 7.46. The summed E-state index contributed by atoms with van der Waals surface area (Å²) in [6, 6.07) is 16.4. The van der Waals surface area contributed by atoms with Gasteiger partial charge in [-0.1, -0.05) is 5.16 Å². The average Bonchev–Trinajstić information content (AvgIpc) is 3.44. The van der Waals surface area contributed by atoms with E-state index in [1.54, 1.807) is 32.4 Å². The van der Waals surface area contributed by atoms with Gasteiger partial charge in [-0.05, 0) is 60.3 Å². The van der Waals surface area contributed by atoms with Crippen molar-refractivity contribution in [3.63, 3.8) is 0 Å². The lowest BCUT2D eigenvalue weighted by atomic mass is 10.1. The maximum absolute atomic E-state index is 12.5. The van der Waals surface area contributed by atoms with E-state index in [2.05, 4.69) is 19.8 Å². The van der Waals surface area contributed by atoms with E-state index in [1.807, 2.05) is 36.4 Å². The molecule has 0 saturated carbocycles. The molecule has 0 fully saturated rings. The van der Waals surface area contributed by atoms with E-state index in [0.717, 1.165) is 33.5 Å².